The van der Waals surface area contributed by atoms with Crippen molar-refractivity contribution in [1.82, 2.24) is 24.9 Å². The summed E-state index contributed by atoms with van der Waals surface area (Å²) < 4.78 is 60.7. The number of benzene rings is 2. The predicted octanol–water partition coefficient (Wildman–Crippen LogP) is 6.25. The molecule has 1 aliphatic carbocycles. The normalized spacial score (nSPS) is 17.9. The fraction of sp³-hybridized carbons (Fsp3) is 0.286. The van der Waals surface area contributed by atoms with Gasteiger partial charge in [-0.05, 0) is 31.5 Å². The van der Waals surface area contributed by atoms with E-state index in [0.717, 1.165) is 5.56 Å². The molecule has 6 rings (SSSR count). The summed E-state index contributed by atoms with van der Waals surface area (Å²) in [7, 11) is 1.50. The molecular formula is C28H23F3N6O4S. The zero-order valence-corrected chi connectivity index (χ0v) is 23.3. The quantitative estimate of drug-likeness (QED) is 0.242. The summed E-state index contributed by atoms with van der Waals surface area (Å²) in [5, 5.41) is 2.97. The topological polar surface area (TPSA) is 121 Å². The van der Waals surface area contributed by atoms with Crippen LogP contribution in [0.2, 0.25) is 0 Å². The lowest BCUT2D eigenvalue weighted by Crippen LogP contribution is -2.32. The molecule has 0 bridgehead atoms. The van der Waals surface area contributed by atoms with E-state index in [1.165, 1.54) is 49.2 Å². The first-order chi connectivity index (χ1) is 20.1. The number of nitrogens with zero attached hydrogens (tertiary/aromatic N) is 5. The lowest BCUT2D eigenvalue weighted by Gasteiger charge is -2.21. The lowest BCUT2D eigenvalue weighted by molar-refractivity contribution is -0.00574. The zero-order chi connectivity index (χ0) is 29.6. The number of halogens is 3. The molecule has 0 saturated heterocycles. The van der Waals surface area contributed by atoms with Gasteiger partial charge in [-0.1, -0.05) is 0 Å². The van der Waals surface area contributed by atoms with E-state index < -0.39 is 42.9 Å². The van der Waals surface area contributed by atoms with E-state index in [1.807, 2.05) is 19.1 Å². The van der Waals surface area contributed by atoms with Gasteiger partial charge < -0.3 is 14.2 Å². The first kappa shape index (κ1) is 27.6. The van der Waals surface area contributed by atoms with Gasteiger partial charge in [0.25, 0.3) is 5.92 Å². The second kappa shape index (κ2) is 10.7. The molecule has 0 spiro atoms. The Hall–Kier alpha value is -4.59. The highest BCUT2D eigenvalue weighted by Crippen LogP contribution is 2.41. The van der Waals surface area contributed by atoms with Crippen molar-refractivity contribution >= 4 is 44.4 Å². The number of anilines is 1. The van der Waals surface area contributed by atoms with Crippen LogP contribution in [-0.2, 0) is 4.74 Å². The summed E-state index contributed by atoms with van der Waals surface area (Å²) in [6.45, 7) is 3.58. The van der Waals surface area contributed by atoms with Crippen molar-refractivity contribution in [2.45, 2.75) is 44.8 Å². The smallest absolute Gasteiger partial charge is 0.412 e. The van der Waals surface area contributed by atoms with Crippen molar-refractivity contribution in [1.29, 1.82) is 0 Å². The Balaban J connectivity index is 1.26. The van der Waals surface area contributed by atoms with Gasteiger partial charge in [-0.3, -0.25) is 5.32 Å². The van der Waals surface area contributed by atoms with Crippen LogP contribution in [0.1, 0.15) is 24.2 Å². The van der Waals surface area contributed by atoms with Crippen LogP contribution in [0.5, 0.6) is 11.6 Å². The number of ether oxygens (including phenoxy) is 3. The molecule has 1 fully saturated rings. The lowest BCUT2D eigenvalue weighted by atomic mass is 10.1. The maximum Gasteiger partial charge on any atom is 0.412 e. The largest absolute Gasteiger partial charge is 0.483 e. The Kier molecular flexibility index (Phi) is 7.01. The van der Waals surface area contributed by atoms with Crippen LogP contribution in [0.4, 0.5) is 23.7 Å². The fourth-order valence-corrected chi connectivity index (χ4v) is 5.71. The Bertz CT molecular complexity index is 1820. The second-order valence-electron chi connectivity index (χ2n) is 9.87. The molecule has 3 aromatic heterocycles. The molecule has 0 radical (unpaired) electrons. The maximum atomic E-state index is 15.2. The Morgan fingerprint density at radius 2 is 1.76 bits per heavy atom. The number of amides is 1. The maximum absolute atomic E-state index is 15.2. The molecule has 3 heterocycles. The van der Waals surface area contributed by atoms with E-state index in [1.54, 1.807) is 6.92 Å². The minimum atomic E-state index is -3.17. The van der Waals surface area contributed by atoms with E-state index in [2.05, 4.69) is 30.2 Å². The minimum Gasteiger partial charge on any atom is -0.483 e. The molecule has 1 saturated carbocycles. The van der Waals surface area contributed by atoms with Gasteiger partial charge in [-0.2, -0.15) is 0 Å². The van der Waals surface area contributed by atoms with Crippen molar-refractivity contribution in [2.75, 3.05) is 12.4 Å². The van der Waals surface area contributed by atoms with E-state index in [-0.39, 0.29) is 11.4 Å². The van der Waals surface area contributed by atoms with E-state index in [9.17, 15) is 13.6 Å². The molecule has 1 N–H and O–H groups in total. The summed E-state index contributed by atoms with van der Waals surface area (Å²) in [5.74, 6) is -3.34. The second-order valence-corrected chi connectivity index (χ2v) is 10.9. The molecule has 5 aromatic rings. The number of hydrogen-bond acceptors (Lipinski definition) is 10. The summed E-state index contributed by atoms with van der Waals surface area (Å²) >= 11 is 1.27. The van der Waals surface area contributed by atoms with Crippen molar-refractivity contribution in [3.63, 3.8) is 0 Å². The number of fused-ring (bicyclic) bond motifs is 2. The minimum absolute atomic E-state index is 0.233. The number of thiazole rings is 1. The van der Waals surface area contributed by atoms with Crippen LogP contribution < -0.4 is 14.8 Å². The number of alkyl halides is 2. The molecule has 2 aromatic carbocycles. The first-order valence-electron chi connectivity index (χ1n) is 12.8. The number of aromatic nitrogens is 5. The number of rotatable bonds is 6. The third kappa shape index (κ3) is 5.62. The molecule has 1 aliphatic rings. The molecule has 0 aliphatic heterocycles. The van der Waals surface area contributed by atoms with E-state index in [0.29, 0.717) is 43.5 Å². The summed E-state index contributed by atoms with van der Waals surface area (Å²) in [6.07, 6.45) is -0.885. The highest BCUT2D eigenvalue weighted by atomic mass is 32.1. The fourth-order valence-electron chi connectivity index (χ4n) is 4.72. The van der Waals surface area contributed by atoms with Gasteiger partial charge in [0.2, 0.25) is 5.88 Å². The SMILES string of the molecule is COc1cnc2c(-c3nc4cc(F)c(OC5CC(F)(F)CC5OC(=O)Nc5cnc(C)nc5)cc4s3)cc(C)cc2n1. The Morgan fingerprint density at radius 1 is 1.00 bits per heavy atom. The third-order valence-electron chi connectivity index (χ3n) is 6.63. The van der Waals surface area contributed by atoms with Crippen LogP contribution in [0.25, 0.3) is 31.8 Å². The van der Waals surface area contributed by atoms with Crippen LogP contribution in [-0.4, -0.2) is 56.3 Å². The monoisotopic (exact) mass is 596 g/mol. The van der Waals surface area contributed by atoms with Gasteiger partial charge in [0, 0.05) is 17.7 Å². The predicted molar refractivity (Wildman–Crippen MR) is 149 cm³/mol. The summed E-state index contributed by atoms with van der Waals surface area (Å²) in [4.78, 5) is 33.8. The molecule has 42 heavy (non-hydrogen) atoms. The van der Waals surface area contributed by atoms with Crippen molar-refractivity contribution in [3.05, 3.63) is 60.1 Å². The van der Waals surface area contributed by atoms with Crippen LogP contribution in [0.3, 0.4) is 0 Å². The Morgan fingerprint density at radius 3 is 2.52 bits per heavy atom. The number of aryl methyl sites for hydroxylation is 2. The van der Waals surface area contributed by atoms with Gasteiger partial charge in [0.05, 0.1) is 65.5 Å². The number of carbonyl (C=O) groups excluding carboxylic acids is 1. The highest BCUT2D eigenvalue weighted by molar-refractivity contribution is 7.21. The number of carbonyl (C=O) groups is 1. The number of methoxy groups -OCH3 is 1. The number of nitrogens with one attached hydrogen (secondary N) is 1. The standard InChI is InChI=1S/C28H23F3N6O4S/c1-13-4-16(25-19(5-13)36-24(39-3)12-34-25)26-37-18-6-17(29)20(7-23(18)42-26)40-21-8-28(30,31)9-22(21)41-27(38)35-15-10-32-14(2)33-11-15/h4-7,10-12,21-22H,8-9H2,1-3H3,(H,35,38). The average molecular weight is 597 g/mol. The molecule has 10 nitrogen and oxygen atoms in total. The average Bonchev–Trinajstić information content (AvgIpc) is 3.47. The zero-order valence-electron chi connectivity index (χ0n) is 22.5. The van der Waals surface area contributed by atoms with Gasteiger partial charge in [-0.15, -0.1) is 11.3 Å². The van der Waals surface area contributed by atoms with Crippen molar-refractivity contribution in [2.24, 2.45) is 0 Å². The van der Waals surface area contributed by atoms with Crippen molar-refractivity contribution < 1.29 is 32.2 Å². The molecule has 2 atom stereocenters. The summed E-state index contributed by atoms with van der Waals surface area (Å²) in [5.41, 5.74) is 3.43. The van der Waals surface area contributed by atoms with Crippen LogP contribution in [0.15, 0.2) is 42.9 Å². The van der Waals surface area contributed by atoms with Crippen molar-refractivity contribution in [3.8, 4) is 22.2 Å². The first-order valence-corrected chi connectivity index (χ1v) is 13.6. The molecule has 216 valence electrons. The summed E-state index contributed by atoms with van der Waals surface area (Å²) in [6, 6.07) is 6.38. The molecule has 2 unspecified atom stereocenters. The van der Waals surface area contributed by atoms with E-state index >= 15 is 4.39 Å². The van der Waals surface area contributed by atoms with Gasteiger partial charge in [-0.25, -0.2) is 42.9 Å². The van der Waals surface area contributed by atoms with Gasteiger partial charge in [0.1, 0.15) is 23.0 Å². The highest BCUT2D eigenvalue weighted by Gasteiger charge is 2.50. The molecular weight excluding hydrogens is 573 g/mol. The molecule has 14 heteroatoms. The van der Waals surface area contributed by atoms with Crippen LogP contribution >= 0.6 is 11.3 Å². The third-order valence-corrected chi connectivity index (χ3v) is 7.68. The number of hydrogen-bond donors (Lipinski definition) is 1. The van der Waals surface area contributed by atoms with E-state index in [4.69, 9.17) is 14.2 Å². The van der Waals surface area contributed by atoms with Gasteiger partial charge >= 0.3 is 6.09 Å². The van der Waals surface area contributed by atoms with Gasteiger partial charge in [0.15, 0.2) is 11.6 Å². The van der Waals surface area contributed by atoms with Crippen LogP contribution in [0, 0.1) is 19.7 Å². The molecule has 1 amide bonds. The Labute approximate surface area is 240 Å².